The molecule has 3 rings (SSSR count). The quantitative estimate of drug-likeness (QED) is 0.888. The number of ether oxygens (including phenoxy) is 1. The predicted octanol–water partition coefficient (Wildman–Crippen LogP) is 0.717. The molecule has 1 aromatic heterocycles. The third kappa shape index (κ3) is 2.85. The summed E-state index contributed by atoms with van der Waals surface area (Å²) in [6.07, 6.45) is 5.65. The Morgan fingerprint density at radius 2 is 2.14 bits per heavy atom. The van der Waals surface area contributed by atoms with Crippen LogP contribution in [-0.4, -0.2) is 51.7 Å². The van der Waals surface area contributed by atoms with Gasteiger partial charge < -0.3 is 14.7 Å². The van der Waals surface area contributed by atoms with Crippen molar-refractivity contribution in [2.75, 3.05) is 20.2 Å². The summed E-state index contributed by atoms with van der Waals surface area (Å²) < 4.78 is 5.28. The fourth-order valence-electron chi connectivity index (χ4n) is 3.08. The lowest BCUT2D eigenvalue weighted by molar-refractivity contribution is -0.140. The molecule has 0 saturated heterocycles. The Balaban J connectivity index is 1.68. The van der Waals surface area contributed by atoms with Gasteiger partial charge in [0.15, 0.2) is 0 Å². The number of aliphatic hydroxyl groups is 1. The van der Waals surface area contributed by atoms with Crippen molar-refractivity contribution in [2.45, 2.75) is 44.1 Å². The maximum atomic E-state index is 12.4. The van der Waals surface area contributed by atoms with Gasteiger partial charge in [0.05, 0.1) is 24.8 Å². The highest BCUT2D eigenvalue weighted by Gasteiger charge is 2.38. The first-order chi connectivity index (χ1) is 10.1. The van der Waals surface area contributed by atoms with Crippen LogP contribution in [0.2, 0.25) is 0 Å². The molecular formula is C15H21N3O3. The van der Waals surface area contributed by atoms with Gasteiger partial charge in [-0.25, -0.2) is 9.97 Å². The minimum Gasteiger partial charge on any atom is -0.481 e. The monoisotopic (exact) mass is 291 g/mol. The van der Waals surface area contributed by atoms with E-state index in [1.807, 2.05) is 4.90 Å². The molecule has 0 bridgehead atoms. The number of nitrogens with zero attached hydrogens (tertiary/aromatic N) is 3. The van der Waals surface area contributed by atoms with E-state index in [0.29, 0.717) is 31.8 Å². The molecule has 1 aliphatic carbocycles. The summed E-state index contributed by atoms with van der Waals surface area (Å²) in [5, 5.41) is 10.1. The summed E-state index contributed by atoms with van der Waals surface area (Å²) in [7, 11) is 1.60. The van der Waals surface area contributed by atoms with E-state index in [0.717, 1.165) is 30.5 Å². The van der Waals surface area contributed by atoms with Crippen LogP contribution in [-0.2, 0) is 17.6 Å². The van der Waals surface area contributed by atoms with Crippen LogP contribution in [0, 0.1) is 0 Å². The maximum absolute atomic E-state index is 12.4. The number of carbonyl (C=O) groups excluding carboxylic acids is 1. The van der Waals surface area contributed by atoms with Gasteiger partial charge in [0, 0.05) is 25.1 Å². The molecule has 1 fully saturated rings. The van der Waals surface area contributed by atoms with Gasteiger partial charge in [-0.3, -0.25) is 4.79 Å². The zero-order valence-corrected chi connectivity index (χ0v) is 12.3. The molecule has 0 aromatic carbocycles. The number of fused-ring (bicyclic) bond motifs is 1. The standard InChI is InChI=1S/C15H21N3O3/c1-21-14-11-3-7-18(8-4-12(11)16-10-17-14)13(19)9-15(20)5-2-6-15/h10,20H,2-9H2,1H3. The fraction of sp³-hybridized carbons (Fsp3) is 0.667. The first kappa shape index (κ1) is 14.3. The van der Waals surface area contributed by atoms with Crippen molar-refractivity contribution in [2.24, 2.45) is 0 Å². The Bertz CT molecular complexity index is 543. The highest BCUT2D eigenvalue weighted by atomic mass is 16.5. The summed E-state index contributed by atoms with van der Waals surface area (Å²) in [6, 6.07) is 0. The molecule has 0 spiro atoms. The molecule has 2 heterocycles. The van der Waals surface area contributed by atoms with E-state index in [1.165, 1.54) is 6.33 Å². The van der Waals surface area contributed by atoms with Crippen molar-refractivity contribution >= 4 is 5.91 Å². The normalized spacial score (nSPS) is 20.2. The van der Waals surface area contributed by atoms with Crippen molar-refractivity contribution in [3.8, 4) is 5.88 Å². The van der Waals surface area contributed by atoms with Gasteiger partial charge in [-0.05, 0) is 25.7 Å². The van der Waals surface area contributed by atoms with Crippen LogP contribution in [0.25, 0.3) is 0 Å². The van der Waals surface area contributed by atoms with Gasteiger partial charge >= 0.3 is 0 Å². The average Bonchev–Trinajstić information content (AvgIpc) is 2.67. The van der Waals surface area contributed by atoms with Crippen LogP contribution >= 0.6 is 0 Å². The van der Waals surface area contributed by atoms with E-state index < -0.39 is 5.60 Å². The molecule has 1 N–H and O–H groups in total. The van der Waals surface area contributed by atoms with Gasteiger partial charge in [0.25, 0.3) is 0 Å². The van der Waals surface area contributed by atoms with Crippen molar-refractivity contribution in [1.82, 2.24) is 14.9 Å². The zero-order valence-electron chi connectivity index (χ0n) is 12.3. The molecule has 6 nitrogen and oxygen atoms in total. The largest absolute Gasteiger partial charge is 0.481 e. The topological polar surface area (TPSA) is 75.6 Å². The number of hydrogen-bond acceptors (Lipinski definition) is 5. The summed E-state index contributed by atoms with van der Waals surface area (Å²) in [6.45, 7) is 1.27. The summed E-state index contributed by atoms with van der Waals surface area (Å²) >= 11 is 0. The van der Waals surface area contributed by atoms with Crippen LogP contribution in [0.1, 0.15) is 36.9 Å². The van der Waals surface area contributed by atoms with Crippen molar-refractivity contribution in [3.05, 3.63) is 17.6 Å². The van der Waals surface area contributed by atoms with E-state index in [9.17, 15) is 9.90 Å². The first-order valence-corrected chi connectivity index (χ1v) is 7.48. The number of amides is 1. The van der Waals surface area contributed by atoms with E-state index in [2.05, 4.69) is 9.97 Å². The Morgan fingerprint density at radius 1 is 1.38 bits per heavy atom. The Labute approximate surface area is 124 Å². The lowest BCUT2D eigenvalue weighted by Crippen LogP contribution is -2.44. The Morgan fingerprint density at radius 3 is 2.81 bits per heavy atom. The maximum Gasteiger partial charge on any atom is 0.225 e. The van der Waals surface area contributed by atoms with Crippen LogP contribution in [0.3, 0.4) is 0 Å². The molecule has 0 atom stereocenters. The van der Waals surface area contributed by atoms with E-state index in [-0.39, 0.29) is 12.3 Å². The lowest BCUT2D eigenvalue weighted by Gasteiger charge is -2.37. The van der Waals surface area contributed by atoms with Crippen molar-refractivity contribution in [1.29, 1.82) is 0 Å². The smallest absolute Gasteiger partial charge is 0.225 e. The second-order valence-electron chi connectivity index (χ2n) is 5.94. The van der Waals surface area contributed by atoms with Crippen LogP contribution in [0.4, 0.5) is 0 Å². The first-order valence-electron chi connectivity index (χ1n) is 7.48. The van der Waals surface area contributed by atoms with Gasteiger partial charge in [-0.2, -0.15) is 0 Å². The van der Waals surface area contributed by atoms with Gasteiger partial charge in [-0.15, -0.1) is 0 Å². The van der Waals surface area contributed by atoms with Crippen molar-refractivity contribution in [3.63, 3.8) is 0 Å². The highest BCUT2D eigenvalue weighted by Crippen LogP contribution is 2.35. The lowest BCUT2D eigenvalue weighted by atomic mass is 9.77. The van der Waals surface area contributed by atoms with Gasteiger partial charge in [-0.1, -0.05) is 0 Å². The van der Waals surface area contributed by atoms with Gasteiger partial charge in [0.2, 0.25) is 11.8 Å². The Kier molecular flexibility index (Phi) is 3.80. The fourth-order valence-corrected chi connectivity index (χ4v) is 3.08. The molecule has 0 unspecified atom stereocenters. The van der Waals surface area contributed by atoms with Crippen molar-refractivity contribution < 1.29 is 14.6 Å². The number of hydrogen-bond donors (Lipinski definition) is 1. The zero-order chi connectivity index (χ0) is 14.9. The molecule has 6 heteroatoms. The third-order valence-electron chi connectivity index (χ3n) is 4.56. The molecule has 1 aliphatic heterocycles. The minimum absolute atomic E-state index is 0.0388. The number of carbonyl (C=O) groups is 1. The third-order valence-corrected chi connectivity index (χ3v) is 4.56. The van der Waals surface area contributed by atoms with E-state index in [1.54, 1.807) is 7.11 Å². The minimum atomic E-state index is -0.756. The molecule has 2 aliphatic rings. The van der Waals surface area contributed by atoms with Crippen LogP contribution in [0.5, 0.6) is 5.88 Å². The average molecular weight is 291 g/mol. The molecule has 21 heavy (non-hydrogen) atoms. The van der Waals surface area contributed by atoms with E-state index >= 15 is 0 Å². The molecule has 1 saturated carbocycles. The van der Waals surface area contributed by atoms with Crippen LogP contribution < -0.4 is 4.74 Å². The molecular weight excluding hydrogens is 270 g/mol. The van der Waals surface area contributed by atoms with Gasteiger partial charge in [0.1, 0.15) is 6.33 Å². The second kappa shape index (κ2) is 5.60. The summed E-state index contributed by atoms with van der Waals surface area (Å²) in [4.78, 5) is 22.6. The molecule has 1 amide bonds. The SMILES string of the molecule is COc1ncnc2c1CCN(C(=O)CC1(O)CCC1)CC2. The molecule has 0 radical (unpaired) electrons. The number of aromatic nitrogens is 2. The number of methoxy groups -OCH3 is 1. The Hall–Kier alpha value is -1.69. The summed E-state index contributed by atoms with van der Waals surface area (Å²) in [5.41, 5.74) is 1.20. The number of rotatable bonds is 3. The van der Waals surface area contributed by atoms with Crippen LogP contribution in [0.15, 0.2) is 6.33 Å². The molecule has 1 aromatic rings. The highest BCUT2D eigenvalue weighted by molar-refractivity contribution is 5.77. The second-order valence-corrected chi connectivity index (χ2v) is 5.94. The van der Waals surface area contributed by atoms with E-state index in [4.69, 9.17) is 4.74 Å². The molecule has 114 valence electrons. The predicted molar refractivity (Wildman–Crippen MR) is 76.0 cm³/mol. The summed E-state index contributed by atoms with van der Waals surface area (Å²) in [5.74, 6) is 0.642.